The number of benzene rings is 3. The minimum Gasteiger partial charge on any atom is -0.481 e. The third-order valence-corrected chi connectivity index (χ3v) is 5.84. The molecule has 0 aliphatic rings. The Morgan fingerprint density at radius 1 is 1.00 bits per heavy atom. The lowest BCUT2D eigenvalue weighted by molar-refractivity contribution is -0.123. The van der Waals surface area contributed by atoms with E-state index < -0.39 is 11.9 Å². The van der Waals surface area contributed by atoms with E-state index in [1.54, 1.807) is 48.5 Å². The van der Waals surface area contributed by atoms with Crippen molar-refractivity contribution in [2.75, 3.05) is 6.61 Å². The molecule has 0 atom stereocenters. The second-order valence-electron chi connectivity index (χ2n) is 6.22. The van der Waals surface area contributed by atoms with Crippen LogP contribution >= 0.6 is 59.4 Å². The van der Waals surface area contributed by atoms with Crippen molar-refractivity contribution in [3.8, 4) is 11.5 Å². The van der Waals surface area contributed by atoms with Crippen LogP contribution in [0.5, 0.6) is 11.5 Å². The van der Waals surface area contributed by atoms with Crippen LogP contribution in [0, 0.1) is 0 Å². The van der Waals surface area contributed by atoms with Gasteiger partial charge in [0, 0.05) is 4.47 Å². The highest BCUT2D eigenvalue weighted by Gasteiger charge is 2.12. The average Bonchev–Trinajstić information content (AvgIpc) is 2.73. The second-order valence-corrected chi connectivity index (χ2v) is 9.25. The molecule has 3 aromatic carbocycles. The molecule has 0 saturated heterocycles. The van der Waals surface area contributed by atoms with Gasteiger partial charge in [-0.2, -0.15) is 5.10 Å². The van der Waals surface area contributed by atoms with Gasteiger partial charge in [-0.15, -0.1) is 0 Å². The molecule has 0 saturated carbocycles. The highest BCUT2D eigenvalue weighted by molar-refractivity contribution is 9.11. The summed E-state index contributed by atoms with van der Waals surface area (Å²) in [5, 5.41) is 4.22. The fourth-order valence-corrected chi connectivity index (χ4v) is 5.16. The maximum atomic E-state index is 12.3. The molecule has 32 heavy (non-hydrogen) atoms. The molecule has 0 spiro atoms. The van der Waals surface area contributed by atoms with E-state index in [2.05, 4.69) is 58.3 Å². The first-order valence-corrected chi connectivity index (χ1v) is 11.7. The molecule has 1 amide bonds. The summed E-state index contributed by atoms with van der Waals surface area (Å²) in [5.41, 5.74) is 3.27. The second kappa shape index (κ2) is 11.6. The van der Waals surface area contributed by atoms with Crippen molar-refractivity contribution in [2.24, 2.45) is 5.10 Å². The molecule has 0 heterocycles. The molecule has 0 fully saturated rings. The number of hydrogen-bond acceptors (Lipinski definition) is 5. The van der Waals surface area contributed by atoms with E-state index in [4.69, 9.17) is 21.1 Å². The van der Waals surface area contributed by atoms with Crippen molar-refractivity contribution < 1.29 is 19.1 Å². The van der Waals surface area contributed by atoms with Gasteiger partial charge in [0.1, 0.15) is 11.5 Å². The molecule has 3 rings (SSSR count). The van der Waals surface area contributed by atoms with Crippen molar-refractivity contribution >= 4 is 77.5 Å². The monoisotopic (exact) mass is 642 g/mol. The van der Waals surface area contributed by atoms with E-state index in [1.807, 2.05) is 12.1 Å². The van der Waals surface area contributed by atoms with E-state index in [9.17, 15) is 9.59 Å². The topological polar surface area (TPSA) is 77.0 Å². The van der Waals surface area contributed by atoms with E-state index in [-0.39, 0.29) is 12.2 Å². The first-order chi connectivity index (χ1) is 15.3. The molecule has 0 bridgehead atoms. The Bertz CT molecular complexity index is 1160. The summed E-state index contributed by atoms with van der Waals surface area (Å²) in [6.07, 6.45) is 1.43. The fraction of sp³-hybridized carbons (Fsp3) is 0.0455. The number of carbonyl (C=O) groups excluding carboxylic acids is 2. The Kier molecular flexibility index (Phi) is 8.86. The molecule has 0 aliphatic heterocycles. The number of ether oxygens (including phenoxy) is 2. The van der Waals surface area contributed by atoms with Crippen molar-refractivity contribution in [3.05, 3.63) is 90.2 Å². The molecule has 164 valence electrons. The maximum Gasteiger partial charge on any atom is 0.345 e. The number of nitrogens with zero attached hydrogens (tertiary/aromatic N) is 1. The number of rotatable bonds is 7. The Hall–Kier alpha value is -2.20. The summed E-state index contributed by atoms with van der Waals surface area (Å²) in [5.74, 6) is -0.191. The van der Waals surface area contributed by atoms with Crippen LogP contribution in [0.1, 0.15) is 15.9 Å². The highest BCUT2D eigenvalue weighted by atomic mass is 79.9. The summed E-state index contributed by atoms with van der Waals surface area (Å²) >= 11 is 16.2. The van der Waals surface area contributed by atoms with Crippen LogP contribution in [-0.2, 0) is 4.79 Å². The number of hydrazone groups is 1. The minimum atomic E-state index is -0.569. The van der Waals surface area contributed by atoms with Crippen LogP contribution in [0.15, 0.2) is 79.2 Å². The first kappa shape index (κ1) is 24.4. The van der Waals surface area contributed by atoms with Crippen molar-refractivity contribution in [1.82, 2.24) is 5.43 Å². The third-order valence-electron chi connectivity index (χ3n) is 3.88. The van der Waals surface area contributed by atoms with Crippen molar-refractivity contribution in [3.63, 3.8) is 0 Å². The van der Waals surface area contributed by atoms with Gasteiger partial charge in [-0.25, -0.2) is 10.2 Å². The minimum absolute atomic E-state index is 0.230. The predicted octanol–water partition coefficient (Wildman–Crippen LogP) is 6.38. The lowest BCUT2D eigenvalue weighted by Gasteiger charge is -2.10. The summed E-state index contributed by atoms with van der Waals surface area (Å²) in [6.45, 7) is -0.230. The van der Waals surface area contributed by atoms with Gasteiger partial charge in [-0.05, 0) is 73.8 Å². The Morgan fingerprint density at radius 3 is 2.44 bits per heavy atom. The van der Waals surface area contributed by atoms with Gasteiger partial charge in [0.25, 0.3) is 5.91 Å². The standard InChI is InChI=1S/C22H14Br3ClN2O4/c23-14-9-17(24)21(18(25)10-14)31-12-20(29)28-27-11-13-4-3-5-15(8-13)32-22(30)16-6-1-2-7-19(16)26/h1-11H,12H2,(H,28,29)/b27-11+. The molecule has 3 aromatic rings. The Morgan fingerprint density at radius 2 is 1.72 bits per heavy atom. The summed E-state index contributed by atoms with van der Waals surface area (Å²) in [7, 11) is 0. The van der Waals surface area contributed by atoms with Crippen LogP contribution in [-0.4, -0.2) is 24.7 Å². The summed E-state index contributed by atoms with van der Waals surface area (Å²) in [4.78, 5) is 24.3. The normalized spacial score (nSPS) is 10.8. The molecule has 0 aliphatic carbocycles. The SMILES string of the molecule is O=C(COc1c(Br)cc(Br)cc1Br)N/N=C/c1cccc(OC(=O)c2ccccc2Cl)c1. The zero-order valence-corrected chi connectivity index (χ0v) is 21.7. The van der Waals surface area contributed by atoms with Crippen LogP contribution in [0.2, 0.25) is 5.02 Å². The molecule has 6 nitrogen and oxygen atoms in total. The lowest BCUT2D eigenvalue weighted by Crippen LogP contribution is -2.24. The van der Waals surface area contributed by atoms with Crippen LogP contribution in [0.25, 0.3) is 0 Å². The first-order valence-electron chi connectivity index (χ1n) is 8.99. The van der Waals surface area contributed by atoms with Crippen molar-refractivity contribution in [1.29, 1.82) is 0 Å². The number of amides is 1. The molecule has 0 unspecified atom stereocenters. The van der Waals surface area contributed by atoms with E-state index in [0.29, 0.717) is 31.0 Å². The summed E-state index contributed by atoms with van der Waals surface area (Å²) < 4.78 is 13.1. The molecule has 10 heteroatoms. The summed E-state index contributed by atoms with van der Waals surface area (Å²) in [6, 6.07) is 16.9. The quantitative estimate of drug-likeness (QED) is 0.140. The van der Waals surface area contributed by atoms with E-state index in [1.165, 1.54) is 6.21 Å². The van der Waals surface area contributed by atoms with Crippen LogP contribution < -0.4 is 14.9 Å². The van der Waals surface area contributed by atoms with Gasteiger partial charge in [-0.3, -0.25) is 4.79 Å². The zero-order chi connectivity index (χ0) is 23.1. The number of carbonyl (C=O) groups is 2. The number of halogens is 4. The van der Waals surface area contributed by atoms with Crippen LogP contribution in [0.4, 0.5) is 0 Å². The van der Waals surface area contributed by atoms with Crippen molar-refractivity contribution in [2.45, 2.75) is 0 Å². The fourth-order valence-electron chi connectivity index (χ4n) is 2.46. The molecular formula is C22H14Br3ClN2O4. The van der Waals surface area contributed by atoms with E-state index >= 15 is 0 Å². The van der Waals surface area contributed by atoms with Gasteiger partial charge >= 0.3 is 5.97 Å². The van der Waals surface area contributed by atoms with Gasteiger partial charge in [0.15, 0.2) is 6.61 Å². The molecule has 0 radical (unpaired) electrons. The predicted molar refractivity (Wildman–Crippen MR) is 134 cm³/mol. The van der Waals surface area contributed by atoms with Gasteiger partial charge in [-0.1, -0.05) is 51.8 Å². The molecule has 1 N–H and O–H groups in total. The Balaban J connectivity index is 1.55. The zero-order valence-electron chi connectivity index (χ0n) is 16.2. The van der Waals surface area contributed by atoms with Crippen LogP contribution in [0.3, 0.4) is 0 Å². The van der Waals surface area contributed by atoms with Gasteiger partial charge in [0.2, 0.25) is 0 Å². The van der Waals surface area contributed by atoms with Gasteiger partial charge in [0.05, 0.1) is 25.7 Å². The highest BCUT2D eigenvalue weighted by Crippen LogP contribution is 2.36. The Labute approximate surface area is 214 Å². The lowest BCUT2D eigenvalue weighted by atomic mass is 10.2. The maximum absolute atomic E-state index is 12.3. The number of esters is 1. The number of hydrogen-bond donors (Lipinski definition) is 1. The largest absolute Gasteiger partial charge is 0.481 e. The molecule has 0 aromatic heterocycles. The van der Waals surface area contributed by atoms with E-state index in [0.717, 1.165) is 4.47 Å². The van der Waals surface area contributed by atoms with Gasteiger partial charge < -0.3 is 9.47 Å². The number of nitrogens with one attached hydrogen (secondary N) is 1. The molecular weight excluding hydrogens is 631 g/mol. The average molecular weight is 646 g/mol. The smallest absolute Gasteiger partial charge is 0.345 e. The third kappa shape index (κ3) is 6.90.